The number of anilines is 1. The molecule has 12 heteroatoms. The molecule has 0 spiro atoms. The number of rotatable bonds is 5. The first kappa shape index (κ1) is 24.1. The molecule has 5 rings (SSSR count). The van der Waals surface area contributed by atoms with Crippen LogP contribution in [0.3, 0.4) is 0 Å². The topological polar surface area (TPSA) is 115 Å². The molecule has 2 aromatic carbocycles. The number of aromatic amines is 1. The largest absolute Gasteiger partial charge is 0.497 e. The lowest BCUT2D eigenvalue weighted by Crippen LogP contribution is -2.22. The maximum absolute atomic E-state index is 13.9. The zero-order valence-corrected chi connectivity index (χ0v) is 19.6. The van der Waals surface area contributed by atoms with Crippen LogP contribution in [0.25, 0.3) is 22.6 Å². The second-order valence-corrected chi connectivity index (χ2v) is 9.35. The van der Waals surface area contributed by atoms with Gasteiger partial charge in [-0.2, -0.15) is 23.3 Å². The van der Waals surface area contributed by atoms with E-state index in [1.54, 1.807) is 29.3 Å². The molecule has 0 saturated carbocycles. The number of methoxy groups -OCH3 is 1. The van der Waals surface area contributed by atoms with Crippen LogP contribution >= 0.6 is 11.3 Å². The number of aliphatic hydroxyl groups is 2. The summed E-state index contributed by atoms with van der Waals surface area (Å²) in [5.41, 5.74) is 0.591. The molecule has 0 aliphatic carbocycles. The van der Waals surface area contributed by atoms with Crippen LogP contribution in [0.5, 0.6) is 11.6 Å². The Balaban J connectivity index is 1.68. The van der Waals surface area contributed by atoms with E-state index >= 15 is 0 Å². The van der Waals surface area contributed by atoms with Crippen molar-refractivity contribution in [3.8, 4) is 11.6 Å². The number of aromatic nitrogens is 3. The monoisotopic (exact) mass is 518 g/mol. The number of β-amino-alcohol motifs (C(OH)–C–C–N with tert-alkyl or cyclic N) is 2. The summed E-state index contributed by atoms with van der Waals surface area (Å²) < 4.78 is 46.8. The summed E-state index contributed by atoms with van der Waals surface area (Å²) in [6, 6.07) is 8.88. The summed E-state index contributed by atoms with van der Waals surface area (Å²) in [6.07, 6.45) is -3.63. The summed E-state index contributed by atoms with van der Waals surface area (Å²) in [4.78, 5) is 6.04. The van der Waals surface area contributed by atoms with Crippen LogP contribution in [0.4, 0.5) is 18.3 Å². The number of hydrogen-bond donors (Lipinski definition) is 4. The number of nitrogens with one attached hydrogen (secondary N) is 1. The van der Waals surface area contributed by atoms with Gasteiger partial charge in [0.1, 0.15) is 10.6 Å². The van der Waals surface area contributed by atoms with E-state index in [1.165, 1.54) is 25.3 Å². The number of nitrogens with zero attached hydrogens (tertiary/aromatic N) is 3. The summed E-state index contributed by atoms with van der Waals surface area (Å²) in [7, 11) is 1.29. The molecule has 2 atom stereocenters. The van der Waals surface area contributed by atoms with Crippen molar-refractivity contribution in [3.63, 3.8) is 0 Å². The Bertz CT molecular complexity index is 1440. The molecule has 1 aliphatic rings. The zero-order valence-electron chi connectivity index (χ0n) is 18.8. The van der Waals surface area contributed by atoms with E-state index in [4.69, 9.17) is 4.74 Å². The standard InChI is InChI=1S/C24H21F3N4O4S/c1-35-15-4-2-13(17(8-15)24(25,26)27)7-16(12-3-5-18-14(6-12)9-28-30-18)21-22(34)29-23(36-21)31-10-19(32)20(33)11-31/h2-9,19-20,32-34H,10-11H2,1H3,(H,28,30)/t19-,20-/m1/s1. The second kappa shape index (κ2) is 9.12. The Morgan fingerprint density at radius 2 is 1.92 bits per heavy atom. The van der Waals surface area contributed by atoms with Gasteiger partial charge in [0.15, 0.2) is 5.13 Å². The van der Waals surface area contributed by atoms with Gasteiger partial charge < -0.3 is 25.0 Å². The fourth-order valence-corrected chi connectivity index (χ4v) is 5.13. The maximum atomic E-state index is 13.9. The third kappa shape index (κ3) is 4.50. The fraction of sp³-hybridized carbons (Fsp3) is 0.250. The molecule has 0 amide bonds. The molecule has 8 nitrogen and oxygen atoms in total. The lowest BCUT2D eigenvalue weighted by atomic mass is 9.97. The molecule has 0 unspecified atom stereocenters. The Kier molecular flexibility index (Phi) is 6.10. The number of ether oxygens (including phenoxy) is 1. The van der Waals surface area contributed by atoms with Crippen molar-refractivity contribution >= 4 is 39.0 Å². The molecule has 3 heterocycles. The van der Waals surface area contributed by atoms with Gasteiger partial charge >= 0.3 is 6.18 Å². The van der Waals surface area contributed by atoms with Gasteiger partial charge in [-0.25, -0.2) is 0 Å². The van der Waals surface area contributed by atoms with Gasteiger partial charge in [0, 0.05) is 24.0 Å². The minimum absolute atomic E-state index is 0.0647. The van der Waals surface area contributed by atoms with Gasteiger partial charge in [-0.3, -0.25) is 5.10 Å². The first-order valence-corrected chi connectivity index (χ1v) is 11.7. The molecule has 0 bridgehead atoms. The Morgan fingerprint density at radius 3 is 2.61 bits per heavy atom. The molecule has 2 aromatic heterocycles. The smallest absolute Gasteiger partial charge is 0.417 e. The molecule has 4 N–H and O–H groups in total. The Morgan fingerprint density at radius 1 is 1.17 bits per heavy atom. The quantitative estimate of drug-likeness (QED) is 0.297. The van der Waals surface area contributed by atoms with Crippen molar-refractivity contribution in [2.45, 2.75) is 18.4 Å². The number of aliphatic hydroxyl groups excluding tert-OH is 2. The number of aromatic hydroxyl groups is 1. The van der Waals surface area contributed by atoms with Crippen molar-refractivity contribution < 1.29 is 33.2 Å². The number of hydrogen-bond acceptors (Lipinski definition) is 8. The highest BCUT2D eigenvalue weighted by Crippen LogP contribution is 2.43. The molecule has 1 aliphatic heterocycles. The first-order valence-electron chi connectivity index (χ1n) is 10.9. The molecule has 4 aromatic rings. The average molecular weight is 519 g/mol. The van der Waals surface area contributed by atoms with E-state index in [9.17, 15) is 28.5 Å². The molecule has 0 radical (unpaired) electrons. The highest BCUT2D eigenvalue weighted by atomic mass is 32.1. The van der Waals surface area contributed by atoms with Crippen LogP contribution in [0.2, 0.25) is 0 Å². The normalized spacial score (nSPS) is 18.8. The minimum atomic E-state index is -4.65. The number of thiazole rings is 1. The predicted molar refractivity (Wildman–Crippen MR) is 129 cm³/mol. The van der Waals surface area contributed by atoms with E-state index < -0.39 is 23.9 Å². The summed E-state index contributed by atoms with van der Waals surface area (Å²) >= 11 is 1.06. The summed E-state index contributed by atoms with van der Waals surface area (Å²) in [5, 5.41) is 38.5. The van der Waals surface area contributed by atoms with Crippen molar-refractivity contribution in [3.05, 3.63) is 64.2 Å². The second-order valence-electron chi connectivity index (χ2n) is 8.37. The lowest BCUT2D eigenvalue weighted by molar-refractivity contribution is -0.137. The van der Waals surface area contributed by atoms with Crippen LogP contribution in [0, 0.1) is 0 Å². The molecular weight excluding hydrogens is 497 g/mol. The average Bonchev–Trinajstić information content (AvgIpc) is 3.55. The molecular formula is C24H21F3N4O4S. The van der Waals surface area contributed by atoms with Crippen LogP contribution in [0.15, 0.2) is 42.6 Å². The number of alkyl halides is 3. The summed E-state index contributed by atoms with van der Waals surface area (Å²) in [5.74, 6) is -0.304. The van der Waals surface area contributed by atoms with E-state index in [2.05, 4.69) is 15.2 Å². The zero-order chi connectivity index (χ0) is 25.6. The van der Waals surface area contributed by atoms with Crippen LogP contribution in [-0.2, 0) is 6.18 Å². The number of fused-ring (bicyclic) bond motifs is 1. The van der Waals surface area contributed by atoms with E-state index in [-0.39, 0.29) is 35.2 Å². The molecule has 36 heavy (non-hydrogen) atoms. The van der Waals surface area contributed by atoms with Gasteiger partial charge in [0.25, 0.3) is 0 Å². The third-order valence-electron chi connectivity index (χ3n) is 5.99. The highest BCUT2D eigenvalue weighted by molar-refractivity contribution is 7.17. The third-order valence-corrected chi connectivity index (χ3v) is 7.13. The van der Waals surface area contributed by atoms with Crippen molar-refractivity contribution in [2.24, 2.45) is 0 Å². The molecule has 1 fully saturated rings. The van der Waals surface area contributed by atoms with Crippen molar-refractivity contribution in [1.82, 2.24) is 15.2 Å². The van der Waals surface area contributed by atoms with E-state index in [0.717, 1.165) is 28.3 Å². The summed E-state index contributed by atoms with van der Waals surface area (Å²) in [6.45, 7) is 0.231. The maximum Gasteiger partial charge on any atom is 0.417 e. The van der Waals surface area contributed by atoms with Gasteiger partial charge in [-0.15, -0.1) is 0 Å². The molecule has 188 valence electrons. The number of halogens is 3. The molecule has 1 saturated heterocycles. The van der Waals surface area contributed by atoms with Gasteiger partial charge in [0.2, 0.25) is 5.88 Å². The minimum Gasteiger partial charge on any atom is -0.497 e. The highest BCUT2D eigenvalue weighted by Gasteiger charge is 2.35. The van der Waals surface area contributed by atoms with Gasteiger partial charge in [0.05, 0.1) is 36.6 Å². The first-order chi connectivity index (χ1) is 17.1. The number of H-pyrrole nitrogens is 1. The van der Waals surface area contributed by atoms with Gasteiger partial charge in [-0.05, 0) is 41.5 Å². The van der Waals surface area contributed by atoms with E-state index in [1.807, 2.05) is 0 Å². The Hall–Kier alpha value is -3.61. The van der Waals surface area contributed by atoms with Crippen molar-refractivity contribution in [2.75, 3.05) is 25.1 Å². The number of benzene rings is 2. The van der Waals surface area contributed by atoms with E-state index in [0.29, 0.717) is 16.3 Å². The fourth-order valence-electron chi connectivity index (χ4n) is 4.12. The Labute approximate surface area is 206 Å². The predicted octanol–water partition coefficient (Wildman–Crippen LogP) is 3.88. The van der Waals surface area contributed by atoms with Crippen LogP contribution in [-0.4, -0.2) is 62.9 Å². The van der Waals surface area contributed by atoms with Crippen LogP contribution < -0.4 is 9.64 Å². The van der Waals surface area contributed by atoms with Crippen LogP contribution in [0.1, 0.15) is 21.6 Å². The lowest BCUT2D eigenvalue weighted by Gasteiger charge is -2.14. The van der Waals surface area contributed by atoms with Crippen molar-refractivity contribution in [1.29, 1.82) is 0 Å². The van der Waals surface area contributed by atoms with Gasteiger partial charge in [-0.1, -0.05) is 23.5 Å². The SMILES string of the molecule is COc1ccc(C=C(c2ccc3[nH]ncc3c2)c2sc(N3C[C@@H](O)[C@H](O)C3)nc2O)c(C(F)(F)F)c1.